The van der Waals surface area contributed by atoms with Crippen LogP contribution in [-0.2, 0) is 11.3 Å². The van der Waals surface area contributed by atoms with Crippen LogP contribution in [0.2, 0.25) is 5.15 Å². The first-order chi connectivity index (χ1) is 14.0. The van der Waals surface area contributed by atoms with Crippen molar-refractivity contribution in [2.75, 3.05) is 36.0 Å². The number of nitrogens with zero attached hydrogens (tertiary/aromatic N) is 6. The molecule has 0 bridgehead atoms. The van der Waals surface area contributed by atoms with Gasteiger partial charge in [0.25, 0.3) is 0 Å². The number of hydrogen-bond acceptors (Lipinski definition) is 6. The maximum absolute atomic E-state index is 13.1. The normalized spacial score (nSPS) is 21.1. The van der Waals surface area contributed by atoms with E-state index in [0.29, 0.717) is 24.0 Å². The van der Waals surface area contributed by atoms with Crippen LogP contribution >= 0.6 is 11.6 Å². The minimum atomic E-state index is 0.0314. The van der Waals surface area contributed by atoms with E-state index < -0.39 is 0 Å². The van der Waals surface area contributed by atoms with Gasteiger partial charge in [-0.3, -0.25) is 4.79 Å². The molecule has 3 aliphatic rings. The average molecular weight is 413 g/mol. The number of fused-ring (bicyclic) bond motifs is 1. The van der Waals surface area contributed by atoms with Crippen molar-refractivity contribution >= 4 is 29.0 Å². The van der Waals surface area contributed by atoms with E-state index in [1.165, 1.54) is 6.42 Å². The van der Waals surface area contributed by atoms with Gasteiger partial charge in [-0.25, -0.2) is 15.0 Å². The maximum atomic E-state index is 13.1. The number of aromatic nitrogens is 3. The number of pyridine rings is 1. The van der Waals surface area contributed by atoms with Crippen LogP contribution in [0.15, 0.2) is 18.3 Å². The first-order valence-electron chi connectivity index (χ1n) is 10.3. The number of carbonyl (C=O) groups excluding carboxylic acids is 1. The first kappa shape index (κ1) is 18.6. The Morgan fingerprint density at radius 2 is 2.03 bits per heavy atom. The van der Waals surface area contributed by atoms with E-state index in [4.69, 9.17) is 16.6 Å². The molecule has 0 unspecified atom stereocenters. The SMILES string of the molecule is Cc1nc2c(c(N3CCC3)n1)[C@@H](C)N(C(=O)CC1CN(c3ccnc(Cl)c3)C1)C2. The van der Waals surface area contributed by atoms with Crippen molar-refractivity contribution in [2.24, 2.45) is 5.92 Å². The van der Waals surface area contributed by atoms with Gasteiger partial charge in [0, 0.05) is 56.0 Å². The van der Waals surface area contributed by atoms with E-state index in [2.05, 4.69) is 26.7 Å². The number of aryl methyl sites for hydroxylation is 1. The van der Waals surface area contributed by atoms with Gasteiger partial charge in [0.1, 0.15) is 16.8 Å². The van der Waals surface area contributed by atoms with E-state index in [-0.39, 0.29) is 11.9 Å². The molecule has 1 atom stereocenters. The molecule has 0 spiro atoms. The van der Waals surface area contributed by atoms with Crippen LogP contribution in [0.4, 0.5) is 11.5 Å². The number of rotatable bonds is 4. The van der Waals surface area contributed by atoms with Crippen LogP contribution in [0.3, 0.4) is 0 Å². The van der Waals surface area contributed by atoms with E-state index in [1.54, 1.807) is 6.20 Å². The van der Waals surface area contributed by atoms with E-state index in [0.717, 1.165) is 54.8 Å². The van der Waals surface area contributed by atoms with E-state index in [9.17, 15) is 4.79 Å². The van der Waals surface area contributed by atoms with Crippen molar-refractivity contribution in [2.45, 2.75) is 39.3 Å². The molecule has 0 radical (unpaired) electrons. The Labute approximate surface area is 175 Å². The highest BCUT2D eigenvalue weighted by Gasteiger charge is 2.38. The third-order valence-corrected chi connectivity index (χ3v) is 6.50. The monoisotopic (exact) mass is 412 g/mol. The zero-order valence-corrected chi connectivity index (χ0v) is 17.6. The van der Waals surface area contributed by atoms with E-state index in [1.807, 2.05) is 24.0 Å². The summed E-state index contributed by atoms with van der Waals surface area (Å²) in [6, 6.07) is 3.86. The topological polar surface area (TPSA) is 65.5 Å². The molecule has 152 valence electrons. The van der Waals surface area contributed by atoms with Crippen LogP contribution in [0.5, 0.6) is 0 Å². The first-order valence-corrected chi connectivity index (χ1v) is 10.7. The van der Waals surface area contributed by atoms with Crippen molar-refractivity contribution in [3.8, 4) is 0 Å². The molecule has 5 rings (SSSR count). The minimum Gasteiger partial charge on any atom is -0.371 e. The number of anilines is 2. The Hall–Kier alpha value is -2.41. The lowest BCUT2D eigenvalue weighted by Gasteiger charge is -2.41. The van der Waals surface area contributed by atoms with Crippen LogP contribution in [0, 0.1) is 12.8 Å². The largest absolute Gasteiger partial charge is 0.371 e. The lowest BCUT2D eigenvalue weighted by atomic mass is 9.94. The predicted molar refractivity (Wildman–Crippen MR) is 112 cm³/mol. The van der Waals surface area contributed by atoms with Gasteiger partial charge in [0.2, 0.25) is 5.91 Å². The summed E-state index contributed by atoms with van der Waals surface area (Å²) in [5.74, 6) is 2.40. The van der Waals surface area contributed by atoms with Gasteiger partial charge >= 0.3 is 0 Å². The second-order valence-corrected chi connectivity index (χ2v) is 8.69. The molecule has 0 aromatic carbocycles. The molecular weight excluding hydrogens is 388 g/mol. The summed E-state index contributed by atoms with van der Waals surface area (Å²) in [5.41, 5.74) is 3.23. The zero-order chi connectivity index (χ0) is 20.1. The Morgan fingerprint density at radius 1 is 1.24 bits per heavy atom. The van der Waals surface area contributed by atoms with Crippen molar-refractivity contribution in [3.05, 3.63) is 40.6 Å². The fourth-order valence-corrected chi connectivity index (χ4v) is 4.73. The average Bonchev–Trinajstić information content (AvgIpc) is 2.92. The highest BCUT2D eigenvalue weighted by Crippen LogP contribution is 2.40. The number of carbonyl (C=O) groups is 1. The summed E-state index contributed by atoms with van der Waals surface area (Å²) in [4.78, 5) is 33.0. The van der Waals surface area contributed by atoms with E-state index >= 15 is 0 Å². The number of amides is 1. The lowest BCUT2D eigenvalue weighted by Crippen LogP contribution is -2.48. The third-order valence-electron chi connectivity index (χ3n) is 6.29. The Balaban J connectivity index is 1.25. The van der Waals surface area contributed by atoms with Crippen molar-refractivity contribution in [3.63, 3.8) is 0 Å². The Kier molecular flexibility index (Phi) is 4.57. The lowest BCUT2D eigenvalue weighted by molar-refractivity contribution is -0.134. The number of hydrogen-bond donors (Lipinski definition) is 0. The summed E-state index contributed by atoms with van der Waals surface area (Å²) >= 11 is 5.98. The second kappa shape index (κ2) is 7.13. The van der Waals surface area contributed by atoms with Gasteiger partial charge in [-0.1, -0.05) is 11.6 Å². The summed E-state index contributed by atoms with van der Waals surface area (Å²) in [7, 11) is 0. The smallest absolute Gasteiger partial charge is 0.223 e. The molecular formula is C21H25ClN6O. The molecule has 2 aromatic rings. The summed E-state index contributed by atoms with van der Waals surface area (Å²) < 4.78 is 0. The minimum absolute atomic E-state index is 0.0314. The molecule has 2 saturated heterocycles. The molecule has 3 aliphatic heterocycles. The quantitative estimate of drug-likeness (QED) is 0.719. The molecule has 5 heterocycles. The number of halogens is 1. The van der Waals surface area contributed by atoms with Crippen LogP contribution in [-0.4, -0.2) is 51.9 Å². The molecule has 1 amide bonds. The Bertz CT molecular complexity index is 956. The van der Waals surface area contributed by atoms with Gasteiger partial charge in [0.15, 0.2) is 0 Å². The van der Waals surface area contributed by atoms with Gasteiger partial charge in [-0.15, -0.1) is 0 Å². The highest BCUT2D eigenvalue weighted by molar-refractivity contribution is 6.29. The summed E-state index contributed by atoms with van der Waals surface area (Å²) in [6.07, 6.45) is 3.49. The van der Waals surface area contributed by atoms with Gasteiger partial charge in [-0.05, 0) is 32.4 Å². The fraction of sp³-hybridized carbons (Fsp3) is 0.524. The van der Waals surface area contributed by atoms with Gasteiger partial charge < -0.3 is 14.7 Å². The van der Waals surface area contributed by atoms with Gasteiger partial charge in [-0.2, -0.15) is 0 Å². The molecule has 8 heteroatoms. The molecule has 2 aromatic heterocycles. The van der Waals surface area contributed by atoms with Crippen LogP contribution in [0.25, 0.3) is 0 Å². The molecule has 0 N–H and O–H groups in total. The zero-order valence-electron chi connectivity index (χ0n) is 16.8. The standard InChI is InChI=1S/C21H25ClN6O/c1-13-20-17(24-14(2)25-21(20)26-6-3-7-26)12-28(13)19(29)8-15-10-27(11-15)16-4-5-23-18(22)9-16/h4-5,9,13,15H,3,6-8,10-12H2,1-2H3/t13-/m1/s1. The summed E-state index contributed by atoms with van der Waals surface area (Å²) in [5, 5.41) is 0.500. The molecule has 2 fully saturated rings. The van der Waals surface area contributed by atoms with Crippen molar-refractivity contribution in [1.82, 2.24) is 19.9 Å². The fourth-order valence-electron chi connectivity index (χ4n) is 4.56. The van der Waals surface area contributed by atoms with Crippen LogP contribution in [0.1, 0.15) is 42.9 Å². The van der Waals surface area contributed by atoms with Crippen molar-refractivity contribution in [1.29, 1.82) is 0 Å². The van der Waals surface area contributed by atoms with Gasteiger partial charge in [0.05, 0.1) is 18.3 Å². The maximum Gasteiger partial charge on any atom is 0.223 e. The summed E-state index contributed by atoms with van der Waals surface area (Å²) in [6.45, 7) is 8.47. The highest BCUT2D eigenvalue weighted by atomic mass is 35.5. The Morgan fingerprint density at radius 3 is 2.72 bits per heavy atom. The molecule has 29 heavy (non-hydrogen) atoms. The second-order valence-electron chi connectivity index (χ2n) is 8.30. The predicted octanol–water partition coefficient (Wildman–Crippen LogP) is 2.97. The van der Waals surface area contributed by atoms with Crippen LogP contribution < -0.4 is 9.80 Å². The molecule has 0 saturated carbocycles. The third kappa shape index (κ3) is 3.31. The molecule has 7 nitrogen and oxygen atoms in total. The molecule has 0 aliphatic carbocycles. The van der Waals surface area contributed by atoms with Crippen molar-refractivity contribution < 1.29 is 4.79 Å².